The van der Waals surface area contributed by atoms with Crippen LogP contribution in [0.1, 0.15) is 52.9 Å². The van der Waals surface area contributed by atoms with E-state index in [2.05, 4.69) is 12.2 Å². The lowest BCUT2D eigenvalue weighted by Crippen LogP contribution is -2.47. The van der Waals surface area contributed by atoms with E-state index in [9.17, 15) is 9.59 Å². The molecule has 0 aromatic carbocycles. The number of hydrogen-bond acceptors (Lipinski definition) is 2. The van der Waals surface area contributed by atoms with Gasteiger partial charge in [0.1, 0.15) is 0 Å². The smallest absolute Gasteiger partial charge is 0.317 e. The molecular weight excluding hydrogens is 244 g/mol. The Morgan fingerprint density at radius 2 is 2.00 bits per heavy atom. The van der Waals surface area contributed by atoms with Gasteiger partial charge in [-0.2, -0.15) is 0 Å². The number of urea groups is 1. The van der Waals surface area contributed by atoms with Crippen LogP contribution in [0, 0.1) is 5.41 Å². The summed E-state index contributed by atoms with van der Waals surface area (Å²) < 4.78 is 0. The molecule has 0 aliphatic heterocycles. The van der Waals surface area contributed by atoms with Gasteiger partial charge in [0.05, 0.1) is 6.42 Å². The van der Waals surface area contributed by atoms with Crippen molar-refractivity contribution in [1.29, 1.82) is 0 Å². The van der Waals surface area contributed by atoms with Gasteiger partial charge in [-0.3, -0.25) is 4.79 Å². The van der Waals surface area contributed by atoms with E-state index in [0.717, 1.165) is 19.4 Å². The van der Waals surface area contributed by atoms with Crippen LogP contribution >= 0.6 is 0 Å². The van der Waals surface area contributed by atoms with Crippen molar-refractivity contribution in [2.45, 2.75) is 58.9 Å². The molecule has 0 spiro atoms. The molecule has 1 unspecified atom stereocenters. The van der Waals surface area contributed by atoms with Crippen molar-refractivity contribution in [3.63, 3.8) is 0 Å². The van der Waals surface area contributed by atoms with Crippen LogP contribution in [0.15, 0.2) is 0 Å². The van der Waals surface area contributed by atoms with E-state index in [1.165, 1.54) is 12.8 Å². The number of carboxylic acids is 1. The zero-order valence-electron chi connectivity index (χ0n) is 12.2. The van der Waals surface area contributed by atoms with Gasteiger partial charge >= 0.3 is 12.0 Å². The Kier molecular flexibility index (Phi) is 5.63. The normalized spacial score (nSPS) is 17.6. The minimum absolute atomic E-state index is 0.0125. The standard InChI is InChI=1S/C14H26N2O3/c1-4-6-14(7-8-14)10-15-13(19)16(5-2)11(3)9-12(17)18/h11H,4-10H2,1-3H3,(H,15,19)(H,17,18). The summed E-state index contributed by atoms with van der Waals surface area (Å²) in [6.45, 7) is 7.05. The zero-order chi connectivity index (χ0) is 14.5. The van der Waals surface area contributed by atoms with Crippen molar-refractivity contribution in [3.05, 3.63) is 0 Å². The number of rotatable bonds is 8. The van der Waals surface area contributed by atoms with E-state index in [1.807, 2.05) is 6.92 Å². The van der Waals surface area contributed by atoms with Crippen molar-refractivity contribution < 1.29 is 14.7 Å². The average Bonchev–Trinajstić information content (AvgIpc) is 3.07. The van der Waals surface area contributed by atoms with Gasteiger partial charge in [-0.25, -0.2) is 4.79 Å². The van der Waals surface area contributed by atoms with Crippen molar-refractivity contribution in [2.75, 3.05) is 13.1 Å². The number of carbonyl (C=O) groups excluding carboxylic acids is 1. The van der Waals surface area contributed by atoms with Crippen LogP contribution in [-0.4, -0.2) is 41.1 Å². The molecule has 5 heteroatoms. The van der Waals surface area contributed by atoms with Crippen LogP contribution in [0.3, 0.4) is 0 Å². The minimum atomic E-state index is -0.872. The SMILES string of the molecule is CCCC1(CNC(=O)N(CC)C(C)CC(=O)O)CC1. The Bertz CT molecular complexity index is 327. The number of carbonyl (C=O) groups is 2. The van der Waals surface area contributed by atoms with Gasteiger partial charge in [0.2, 0.25) is 0 Å². The predicted molar refractivity (Wildman–Crippen MR) is 74.1 cm³/mol. The molecule has 0 saturated heterocycles. The van der Waals surface area contributed by atoms with E-state index >= 15 is 0 Å². The summed E-state index contributed by atoms with van der Waals surface area (Å²) in [4.78, 5) is 24.4. The number of aliphatic carboxylic acids is 1. The van der Waals surface area contributed by atoms with E-state index < -0.39 is 5.97 Å². The van der Waals surface area contributed by atoms with Gasteiger partial charge in [-0.05, 0) is 38.5 Å². The minimum Gasteiger partial charge on any atom is -0.481 e. The first-order valence-electron chi connectivity index (χ1n) is 7.20. The van der Waals surface area contributed by atoms with Crippen LogP contribution in [0.5, 0.6) is 0 Å². The van der Waals surface area contributed by atoms with E-state index in [4.69, 9.17) is 5.11 Å². The average molecular weight is 270 g/mol. The largest absolute Gasteiger partial charge is 0.481 e. The maximum absolute atomic E-state index is 12.1. The Labute approximate surface area is 115 Å². The molecule has 1 atom stereocenters. The maximum Gasteiger partial charge on any atom is 0.317 e. The fraction of sp³-hybridized carbons (Fsp3) is 0.857. The highest BCUT2D eigenvalue weighted by Gasteiger charge is 2.41. The molecule has 0 heterocycles. The first kappa shape index (κ1) is 15.8. The Balaban J connectivity index is 2.43. The topological polar surface area (TPSA) is 69.6 Å². The quantitative estimate of drug-likeness (QED) is 0.712. The summed E-state index contributed by atoms with van der Waals surface area (Å²) in [6, 6.07) is -0.414. The number of carboxylic acid groups (broad SMARTS) is 1. The highest BCUT2D eigenvalue weighted by atomic mass is 16.4. The lowest BCUT2D eigenvalue weighted by atomic mass is 10.0. The molecular formula is C14H26N2O3. The molecule has 0 aromatic heterocycles. The molecule has 110 valence electrons. The van der Waals surface area contributed by atoms with Crippen molar-refractivity contribution in [3.8, 4) is 0 Å². The van der Waals surface area contributed by atoms with Crippen molar-refractivity contribution in [2.24, 2.45) is 5.41 Å². The fourth-order valence-electron chi connectivity index (χ4n) is 2.61. The Morgan fingerprint density at radius 1 is 1.37 bits per heavy atom. The Morgan fingerprint density at radius 3 is 2.42 bits per heavy atom. The van der Waals surface area contributed by atoms with Gasteiger partial charge in [-0.1, -0.05) is 13.3 Å². The zero-order valence-corrected chi connectivity index (χ0v) is 12.2. The van der Waals surface area contributed by atoms with Crippen LogP contribution in [0.4, 0.5) is 4.79 Å². The summed E-state index contributed by atoms with van der Waals surface area (Å²) in [6.07, 6.45) is 4.67. The number of hydrogen-bond donors (Lipinski definition) is 2. The van der Waals surface area contributed by atoms with Gasteiger partial charge in [0, 0.05) is 19.1 Å². The van der Waals surface area contributed by atoms with Gasteiger partial charge < -0.3 is 15.3 Å². The van der Waals surface area contributed by atoms with Crippen LogP contribution in [-0.2, 0) is 4.79 Å². The van der Waals surface area contributed by atoms with Crippen molar-refractivity contribution >= 4 is 12.0 Å². The molecule has 0 bridgehead atoms. The maximum atomic E-state index is 12.1. The summed E-state index contributed by atoms with van der Waals surface area (Å²) in [5, 5.41) is 11.8. The summed E-state index contributed by atoms with van der Waals surface area (Å²) in [7, 11) is 0. The summed E-state index contributed by atoms with van der Waals surface area (Å²) in [5.41, 5.74) is 0.319. The molecule has 1 saturated carbocycles. The first-order valence-corrected chi connectivity index (χ1v) is 7.20. The van der Waals surface area contributed by atoms with E-state index in [-0.39, 0.29) is 18.5 Å². The molecule has 1 rings (SSSR count). The third-order valence-corrected chi connectivity index (χ3v) is 3.96. The lowest BCUT2D eigenvalue weighted by molar-refractivity contribution is -0.138. The Hall–Kier alpha value is -1.26. The second-order valence-electron chi connectivity index (χ2n) is 5.64. The molecule has 1 aliphatic carbocycles. The number of nitrogens with zero attached hydrogens (tertiary/aromatic N) is 1. The van der Waals surface area contributed by atoms with Gasteiger partial charge in [0.15, 0.2) is 0 Å². The predicted octanol–water partition coefficient (Wildman–Crippen LogP) is 2.46. The van der Waals surface area contributed by atoms with Crippen molar-refractivity contribution in [1.82, 2.24) is 10.2 Å². The summed E-state index contributed by atoms with van der Waals surface area (Å²) >= 11 is 0. The molecule has 19 heavy (non-hydrogen) atoms. The molecule has 0 radical (unpaired) electrons. The molecule has 1 aliphatic rings. The van der Waals surface area contributed by atoms with Crippen LogP contribution in [0.25, 0.3) is 0 Å². The van der Waals surface area contributed by atoms with Gasteiger partial charge in [-0.15, -0.1) is 0 Å². The highest BCUT2D eigenvalue weighted by Crippen LogP contribution is 2.48. The molecule has 2 N–H and O–H groups in total. The highest BCUT2D eigenvalue weighted by molar-refractivity contribution is 5.76. The van der Waals surface area contributed by atoms with Gasteiger partial charge in [0.25, 0.3) is 0 Å². The molecule has 1 fully saturated rings. The third-order valence-electron chi connectivity index (χ3n) is 3.96. The monoisotopic (exact) mass is 270 g/mol. The molecule has 5 nitrogen and oxygen atoms in total. The van der Waals surface area contributed by atoms with Crippen LogP contribution in [0.2, 0.25) is 0 Å². The third kappa shape index (κ3) is 4.73. The molecule has 2 amide bonds. The van der Waals surface area contributed by atoms with Crippen LogP contribution < -0.4 is 5.32 Å². The van der Waals surface area contributed by atoms with E-state index in [1.54, 1.807) is 11.8 Å². The van der Waals surface area contributed by atoms with E-state index in [0.29, 0.717) is 12.0 Å². The second-order valence-corrected chi connectivity index (χ2v) is 5.64. The summed E-state index contributed by atoms with van der Waals surface area (Å²) in [5.74, 6) is -0.872. The number of nitrogens with one attached hydrogen (secondary N) is 1. The molecule has 0 aromatic rings. The lowest BCUT2D eigenvalue weighted by Gasteiger charge is -2.28. The number of amides is 2. The second kappa shape index (κ2) is 6.78. The fourth-order valence-corrected chi connectivity index (χ4v) is 2.61. The first-order chi connectivity index (χ1) is 8.94.